The van der Waals surface area contributed by atoms with Crippen molar-refractivity contribution in [2.75, 3.05) is 13.1 Å². The van der Waals surface area contributed by atoms with Crippen LogP contribution in [0.25, 0.3) is 0 Å². The van der Waals surface area contributed by atoms with Gasteiger partial charge in [-0.05, 0) is 39.5 Å². The van der Waals surface area contributed by atoms with Crippen LogP contribution in [-0.4, -0.2) is 60.2 Å². The van der Waals surface area contributed by atoms with Gasteiger partial charge < -0.3 is 0 Å². The van der Waals surface area contributed by atoms with Gasteiger partial charge >= 0.3 is 0 Å². The highest BCUT2D eigenvalue weighted by atomic mass is 32.2. The van der Waals surface area contributed by atoms with Crippen LogP contribution < -0.4 is 10.6 Å². The van der Waals surface area contributed by atoms with E-state index in [-0.39, 0.29) is 12.1 Å². The van der Waals surface area contributed by atoms with Gasteiger partial charge in [-0.15, -0.1) is 0 Å². The molecule has 2 bridgehead atoms. The largest absolute Gasteiger partial charge is 0.298 e. The maximum atomic E-state index is 12.4. The first-order valence-corrected chi connectivity index (χ1v) is 9.15. The molecule has 1 saturated carbocycles. The van der Waals surface area contributed by atoms with E-state index in [1.807, 2.05) is 5.01 Å². The molecule has 8 heteroatoms. The summed E-state index contributed by atoms with van der Waals surface area (Å²) in [5, 5.41) is 7.19. The van der Waals surface area contributed by atoms with Crippen molar-refractivity contribution in [1.82, 2.24) is 15.3 Å². The number of piperazine rings is 1. The Morgan fingerprint density at radius 1 is 1.24 bits per heavy atom. The summed E-state index contributed by atoms with van der Waals surface area (Å²) in [7, 11) is -3.83. The Bertz CT molecular complexity index is 530. The Labute approximate surface area is 125 Å². The molecule has 2 saturated heterocycles. The number of fused-ring (bicyclic) bond motifs is 2. The Morgan fingerprint density at radius 3 is 2.14 bits per heavy atom. The van der Waals surface area contributed by atoms with Gasteiger partial charge in [-0.2, -0.15) is 0 Å². The summed E-state index contributed by atoms with van der Waals surface area (Å²) >= 11 is 0. The van der Waals surface area contributed by atoms with Gasteiger partial charge in [0.15, 0.2) is 4.75 Å². The fraction of sp³-hybridized carbons (Fsp3) is 0.923. The van der Waals surface area contributed by atoms with Crippen molar-refractivity contribution >= 4 is 15.9 Å². The molecule has 21 heavy (non-hydrogen) atoms. The zero-order chi connectivity index (χ0) is 15.4. The van der Waals surface area contributed by atoms with Gasteiger partial charge in [-0.25, -0.2) is 18.6 Å². The molecule has 3 fully saturated rings. The molecule has 0 unspecified atom stereocenters. The Morgan fingerprint density at radius 2 is 1.76 bits per heavy atom. The van der Waals surface area contributed by atoms with Gasteiger partial charge in [0.2, 0.25) is 10.0 Å². The zero-order valence-electron chi connectivity index (χ0n) is 12.6. The van der Waals surface area contributed by atoms with E-state index in [1.54, 1.807) is 0 Å². The molecule has 0 aromatic carbocycles. The molecular formula is C13H24N4O3S. The molecule has 0 aromatic rings. The second kappa shape index (κ2) is 4.91. The predicted octanol–water partition coefficient (Wildman–Crippen LogP) is -0.604. The lowest BCUT2D eigenvalue weighted by molar-refractivity contribution is -0.129. The minimum absolute atomic E-state index is 0.270. The van der Waals surface area contributed by atoms with Crippen molar-refractivity contribution in [3.8, 4) is 0 Å². The van der Waals surface area contributed by atoms with E-state index in [0.717, 1.165) is 25.9 Å². The summed E-state index contributed by atoms with van der Waals surface area (Å²) in [6.07, 6.45) is 2.74. The predicted molar refractivity (Wildman–Crippen MR) is 78.6 cm³/mol. The zero-order valence-corrected chi connectivity index (χ0v) is 13.4. The summed E-state index contributed by atoms with van der Waals surface area (Å²) in [5.74, 6) is -0.445. The first-order valence-electron chi connectivity index (χ1n) is 7.60. The van der Waals surface area contributed by atoms with Crippen LogP contribution in [0.2, 0.25) is 0 Å². The van der Waals surface area contributed by atoms with E-state index in [4.69, 9.17) is 5.14 Å². The number of nitrogens with zero attached hydrogens (tertiary/aromatic N) is 2. The van der Waals surface area contributed by atoms with Crippen molar-refractivity contribution in [3.05, 3.63) is 0 Å². The molecule has 3 N–H and O–H groups in total. The van der Waals surface area contributed by atoms with Crippen LogP contribution in [0, 0.1) is 0 Å². The molecule has 2 atom stereocenters. The molecule has 2 heterocycles. The summed E-state index contributed by atoms with van der Waals surface area (Å²) in [4.78, 5) is 14.8. The number of nitrogens with two attached hydrogens (primary N) is 1. The summed E-state index contributed by atoms with van der Waals surface area (Å²) in [5.41, 5.74) is 2.86. The molecule has 2 aliphatic heterocycles. The number of carbonyl (C=O) groups is 1. The highest BCUT2D eigenvalue weighted by Gasteiger charge is 2.60. The van der Waals surface area contributed by atoms with Crippen LogP contribution >= 0.6 is 0 Å². The SMILES string of the molecule is CC(C)N1C[C@H]2CC[C@@H](C1)N2NC(=O)C1(S(N)(=O)=O)CC1. The number of hydrogen-bond acceptors (Lipinski definition) is 5. The monoisotopic (exact) mass is 316 g/mol. The van der Waals surface area contributed by atoms with Crippen LogP contribution in [0.4, 0.5) is 0 Å². The number of amides is 1. The van der Waals surface area contributed by atoms with E-state index in [0.29, 0.717) is 18.9 Å². The number of nitrogens with one attached hydrogen (secondary N) is 1. The Hall–Kier alpha value is -0.700. The average Bonchev–Trinajstić information content (AvgIpc) is 3.16. The average molecular weight is 316 g/mol. The van der Waals surface area contributed by atoms with Gasteiger partial charge in [-0.3, -0.25) is 15.1 Å². The number of carbonyl (C=O) groups excluding carboxylic acids is 1. The second-order valence-corrected chi connectivity index (χ2v) is 8.69. The number of likely N-dealkylation sites (tertiary alicyclic amines) is 1. The van der Waals surface area contributed by atoms with Crippen LogP contribution in [0.15, 0.2) is 0 Å². The van der Waals surface area contributed by atoms with Crippen LogP contribution in [0.3, 0.4) is 0 Å². The third-order valence-corrected chi connectivity index (χ3v) is 6.82. The molecule has 3 aliphatic rings. The molecule has 1 amide bonds. The van der Waals surface area contributed by atoms with Crippen LogP contribution in [0.5, 0.6) is 0 Å². The topological polar surface area (TPSA) is 95.7 Å². The second-order valence-electron chi connectivity index (χ2n) is 6.82. The van der Waals surface area contributed by atoms with Crippen LogP contribution in [0.1, 0.15) is 39.5 Å². The first kappa shape index (κ1) is 15.2. The van der Waals surface area contributed by atoms with E-state index >= 15 is 0 Å². The number of rotatable bonds is 4. The van der Waals surface area contributed by atoms with Crippen molar-refractivity contribution in [1.29, 1.82) is 0 Å². The summed E-state index contributed by atoms with van der Waals surface area (Å²) in [6.45, 7) is 6.18. The molecule has 0 spiro atoms. The number of hydrogen-bond donors (Lipinski definition) is 2. The van der Waals surface area contributed by atoms with Gasteiger partial charge in [0.05, 0.1) is 0 Å². The van der Waals surface area contributed by atoms with Crippen molar-refractivity contribution in [2.45, 2.75) is 62.4 Å². The van der Waals surface area contributed by atoms with Gasteiger partial charge in [0.25, 0.3) is 5.91 Å². The molecule has 7 nitrogen and oxygen atoms in total. The number of sulfonamides is 1. The molecule has 0 radical (unpaired) electrons. The van der Waals surface area contributed by atoms with Gasteiger partial charge in [0.1, 0.15) is 0 Å². The number of hydrazine groups is 1. The van der Waals surface area contributed by atoms with Crippen molar-refractivity contribution < 1.29 is 13.2 Å². The molecular weight excluding hydrogens is 292 g/mol. The minimum Gasteiger partial charge on any atom is -0.298 e. The Kier molecular flexibility index (Phi) is 3.55. The van der Waals surface area contributed by atoms with Gasteiger partial charge in [-0.1, -0.05) is 0 Å². The minimum atomic E-state index is -3.83. The van der Waals surface area contributed by atoms with E-state index in [9.17, 15) is 13.2 Å². The Balaban J connectivity index is 1.69. The normalized spacial score (nSPS) is 32.4. The summed E-state index contributed by atoms with van der Waals surface area (Å²) in [6, 6.07) is 1.03. The van der Waals surface area contributed by atoms with Crippen molar-refractivity contribution in [2.24, 2.45) is 5.14 Å². The maximum Gasteiger partial charge on any atom is 0.257 e. The fourth-order valence-electron chi connectivity index (χ4n) is 3.51. The molecule has 3 rings (SSSR count). The third kappa shape index (κ3) is 2.48. The third-order valence-electron chi connectivity index (χ3n) is 5.13. The molecule has 120 valence electrons. The maximum absolute atomic E-state index is 12.4. The highest BCUT2D eigenvalue weighted by molar-refractivity contribution is 7.91. The van der Waals surface area contributed by atoms with E-state index in [2.05, 4.69) is 24.2 Å². The van der Waals surface area contributed by atoms with Crippen LogP contribution in [-0.2, 0) is 14.8 Å². The van der Waals surface area contributed by atoms with E-state index in [1.165, 1.54) is 0 Å². The lowest BCUT2D eigenvalue weighted by Gasteiger charge is -2.42. The van der Waals surface area contributed by atoms with Gasteiger partial charge in [0, 0.05) is 31.2 Å². The molecule has 1 aliphatic carbocycles. The highest BCUT2D eigenvalue weighted by Crippen LogP contribution is 2.42. The standard InChI is InChI=1S/C13H24N4O3S/c1-9(2)16-7-10-3-4-11(8-16)17(10)15-12(18)13(5-6-13)21(14,19)20/h9-11H,3-8H2,1-2H3,(H,15,18)(H2,14,19,20)/t10-,11+. The lowest BCUT2D eigenvalue weighted by atomic mass is 10.2. The molecule has 0 aromatic heterocycles. The van der Waals surface area contributed by atoms with Crippen molar-refractivity contribution in [3.63, 3.8) is 0 Å². The fourth-order valence-corrected chi connectivity index (χ4v) is 4.49. The first-order chi connectivity index (χ1) is 9.74. The quantitative estimate of drug-likeness (QED) is 0.722. The number of primary sulfonamides is 1. The van der Waals surface area contributed by atoms with E-state index < -0.39 is 20.7 Å². The lowest BCUT2D eigenvalue weighted by Crippen LogP contribution is -2.63. The summed E-state index contributed by atoms with van der Waals surface area (Å²) < 4.78 is 21.8. The smallest absolute Gasteiger partial charge is 0.257 e.